The van der Waals surface area contributed by atoms with E-state index in [4.69, 9.17) is 5.73 Å². The third kappa shape index (κ3) is 1.42. The molecule has 1 heterocycles. The molecule has 0 unspecified atom stereocenters. The minimum atomic E-state index is -0.205. The summed E-state index contributed by atoms with van der Waals surface area (Å²) >= 11 is 0. The van der Waals surface area contributed by atoms with Crippen LogP contribution >= 0.6 is 0 Å². The van der Waals surface area contributed by atoms with Crippen LogP contribution in [-0.4, -0.2) is 11.3 Å². The smallest absolute Gasteiger partial charge is 0.121 e. The Morgan fingerprint density at radius 1 is 1.43 bits per heavy atom. The maximum absolute atomic E-state index is 10.4. The van der Waals surface area contributed by atoms with Crippen molar-refractivity contribution in [3.05, 3.63) is 36.0 Å². The number of aromatic nitrogens is 1. The highest BCUT2D eigenvalue weighted by molar-refractivity contribution is 5.83. The number of nitrogens with one attached hydrogen (secondary N) is 1. The second-order valence-electron chi connectivity index (χ2n) is 3.30. The molecule has 0 radical (unpaired) electrons. The van der Waals surface area contributed by atoms with Crippen LogP contribution in [0.2, 0.25) is 0 Å². The summed E-state index contributed by atoms with van der Waals surface area (Å²) in [5, 5.41) is 1.10. The molecule has 0 saturated heterocycles. The fourth-order valence-corrected chi connectivity index (χ4v) is 1.63. The van der Waals surface area contributed by atoms with Crippen molar-refractivity contribution in [2.75, 3.05) is 0 Å². The molecule has 3 N–H and O–H groups in total. The summed E-state index contributed by atoms with van der Waals surface area (Å²) < 4.78 is 0. The highest BCUT2D eigenvalue weighted by atomic mass is 16.1. The van der Waals surface area contributed by atoms with Gasteiger partial charge in [0.05, 0.1) is 0 Å². The zero-order valence-corrected chi connectivity index (χ0v) is 7.73. The molecule has 0 amide bonds. The fraction of sp³-hybridized carbons (Fsp3) is 0.182. The lowest BCUT2D eigenvalue weighted by Gasteiger charge is -2.05. The molecule has 0 aliphatic rings. The van der Waals surface area contributed by atoms with Crippen LogP contribution in [0.25, 0.3) is 10.9 Å². The number of fused-ring (bicyclic) bond motifs is 1. The summed E-state index contributed by atoms with van der Waals surface area (Å²) in [5.74, 6) is 0. The number of aromatic amines is 1. The minimum absolute atomic E-state index is 0.205. The molecule has 72 valence electrons. The summed E-state index contributed by atoms with van der Waals surface area (Å²) in [6.07, 6.45) is 3.09. The van der Waals surface area contributed by atoms with Gasteiger partial charge in [0.1, 0.15) is 6.29 Å². The third-order valence-electron chi connectivity index (χ3n) is 2.37. The van der Waals surface area contributed by atoms with Gasteiger partial charge in [0.25, 0.3) is 0 Å². The predicted octanol–water partition coefficient (Wildman–Crippen LogP) is 1.76. The van der Waals surface area contributed by atoms with E-state index < -0.39 is 0 Å². The SMILES string of the molecule is N[C@@H](CC=O)c1c[nH]c2ccccc12. The Morgan fingerprint density at radius 2 is 2.21 bits per heavy atom. The molecule has 1 aromatic heterocycles. The van der Waals surface area contributed by atoms with Crippen molar-refractivity contribution in [2.45, 2.75) is 12.5 Å². The molecular weight excluding hydrogens is 176 g/mol. The Morgan fingerprint density at radius 3 is 3.00 bits per heavy atom. The summed E-state index contributed by atoms with van der Waals surface area (Å²) in [5.41, 5.74) is 7.93. The molecule has 3 heteroatoms. The van der Waals surface area contributed by atoms with Gasteiger partial charge in [-0.25, -0.2) is 0 Å². The van der Waals surface area contributed by atoms with Crippen LogP contribution in [0.5, 0.6) is 0 Å². The first-order valence-corrected chi connectivity index (χ1v) is 4.58. The van der Waals surface area contributed by atoms with Crippen molar-refractivity contribution >= 4 is 17.2 Å². The van der Waals surface area contributed by atoms with E-state index in [0.717, 1.165) is 22.8 Å². The van der Waals surface area contributed by atoms with Gasteiger partial charge in [-0.05, 0) is 11.6 Å². The summed E-state index contributed by atoms with van der Waals surface area (Å²) in [7, 11) is 0. The molecule has 2 aromatic rings. The molecule has 0 spiro atoms. The fourth-order valence-electron chi connectivity index (χ4n) is 1.63. The number of hydrogen-bond donors (Lipinski definition) is 2. The van der Waals surface area contributed by atoms with Crippen LogP contribution in [0.3, 0.4) is 0 Å². The first-order chi connectivity index (χ1) is 6.83. The average Bonchev–Trinajstić information content (AvgIpc) is 2.61. The average molecular weight is 188 g/mol. The van der Waals surface area contributed by atoms with Crippen molar-refractivity contribution in [1.82, 2.24) is 4.98 Å². The van der Waals surface area contributed by atoms with E-state index in [1.165, 1.54) is 0 Å². The van der Waals surface area contributed by atoms with Crippen molar-refractivity contribution in [3.63, 3.8) is 0 Å². The molecule has 1 atom stereocenters. The number of carbonyl (C=O) groups is 1. The normalized spacial score (nSPS) is 12.9. The van der Waals surface area contributed by atoms with Crippen LogP contribution in [0.1, 0.15) is 18.0 Å². The molecule has 3 nitrogen and oxygen atoms in total. The van der Waals surface area contributed by atoms with Gasteiger partial charge in [0.15, 0.2) is 0 Å². The van der Waals surface area contributed by atoms with Gasteiger partial charge in [0.2, 0.25) is 0 Å². The van der Waals surface area contributed by atoms with E-state index in [2.05, 4.69) is 4.98 Å². The molecule has 14 heavy (non-hydrogen) atoms. The Hall–Kier alpha value is -1.61. The highest BCUT2D eigenvalue weighted by Gasteiger charge is 2.10. The molecule has 0 saturated carbocycles. The van der Waals surface area contributed by atoms with Crippen molar-refractivity contribution in [1.29, 1.82) is 0 Å². The van der Waals surface area contributed by atoms with Crippen LogP contribution in [0.15, 0.2) is 30.5 Å². The molecule has 0 fully saturated rings. The summed E-state index contributed by atoms with van der Waals surface area (Å²) in [6, 6.07) is 7.73. The zero-order chi connectivity index (χ0) is 9.97. The standard InChI is InChI=1S/C11H12N2O/c12-10(5-6-14)9-7-13-11-4-2-1-3-8(9)11/h1-4,6-7,10,13H,5,12H2/t10-/m0/s1. The second kappa shape index (κ2) is 3.64. The molecule has 0 aliphatic carbocycles. The maximum atomic E-state index is 10.4. The largest absolute Gasteiger partial charge is 0.361 e. The monoisotopic (exact) mass is 188 g/mol. The topological polar surface area (TPSA) is 58.9 Å². The lowest BCUT2D eigenvalue weighted by molar-refractivity contribution is -0.108. The third-order valence-corrected chi connectivity index (χ3v) is 2.37. The Labute approximate surface area is 81.9 Å². The molecular formula is C11H12N2O. The van der Waals surface area contributed by atoms with Gasteiger partial charge in [0, 0.05) is 29.6 Å². The van der Waals surface area contributed by atoms with E-state index in [1.54, 1.807) is 0 Å². The number of H-pyrrole nitrogens is 1. The van der Waals surface area contributed by atoms with Crippen LogP contribution < -0.4 is 5.73 Å². The van der Waals surface area contributed by atoms with E-state index in [1.807, 2.05) is 30.5 Å². The van der Waals surface area contributed by atoms with E-state index >= 15 is 0 Å². The van der Waals surface area contributed by atoms with Crippen molar-refractivity contribution in [2.24, 2.45) is 5.73 Å². The zero-order valence-electron chi connectivity index (χ0n) is 7.73. The lowest BCUT2D eigenvalue weighted by Crippen LogP contribution is -2.09. The van der Waals surface area contributed by atoms with Crippen molar-refractivity contribution in [3.8, 4) is 0 Å². The lowest BCUT2D eigenvalue weighted by atomic mass is 10.0. The van der Waals surface area contributed by atoms with E-state index in [-0.39, 0.29) is 6.04 Å². The predicted molar refractivity (Wildman–Crippen MR) is 55.9 cm³/mol. The van der Waals surface area contributed by atoms with Crippen molar-refractivity contribution < 1.29 is 4.79 Å². The number of carbonyl (C=O) groups excluding carboxylic acids is 1. The Kier molecular flexibility index (Phi) is 2.33. The van der Waals surface area contributed by atoms with Crippen LogP contribution in [0.4, 0.5) is 0 Å². The Bertz CT molecular complexity index is 447. The maximum Gasteiger partial charge on any atom is 0.121 e. The first-order valence-electron chi connectivity index (χ1n) is 4.58. The molecule has 1 aromatic carbocycles. The van der Waals surface area contributed by atoms with E-state index in [0.29, 0.717) is 6.42 Å². The molecule has 0 bridgehead atoms. The number of nitrogens with two attached hydrogens (primary N) is 1. The number of benzene rings is 1. The van der Waals surface area contributed by atoms with Gasteiger partial charge in [-0.1, -0.05) is 18.2 Å². The van der Waals surface area contributed by atoms with Gasteiger partial charge in [-0.3, -0.25) is 0 Å². The highest BCUT2D eigenvalue weighted by Crippen LogP contribution is 2.23. The van der Waals surface area contributed by atoms with Gasteiger partial charge in [-0.2, -0.15) is 0 Å². The first kappa shape index (κ1) is 8.97. The number of para-hydroxylation sites is 1. The van der Waals surface area contributed by atoms with E-state index in [9.17, 15) is 4.79 Å². The molecule has 2 rings (SSSR count). The van der Waals surface area contributed by atoms with Crippen LogP contribution in [-0.2, 0) is 4.79 Å². The number of aldehydes is 1. The minimum Gasteiger partial charge on any atom is -0.361 e. The van der Waals surface area contributed by atoms with Gasteiger partial charge >= 0.3 is 0 Å². The van der Waals surface area contributed by atoms with Gasteiger partial charge in [-0.15, -0.1) is 0 Å². The van der Waals surface area contributed by atoms with Crippen LogP contribution in [0, 0.1) is 0 Å². The summed E-state index contributed by atoms with van der Waals surface area (Å²) in [6.45, 7) is 0. The molecule has 0 aliphatic heterocycles. The summed E-state index contributed by atoms with van der Waals surface area (Å²) in [4.78, 5) is 13.5. The Balaban J connectivity index is 2.47. The van der Waals surface area contributed by atoms with Gasteiger partial charge < -0.3 is 15.5 Å². The second-order valence-corrected chi connectivity index (χ2v) is 3.30. The number of hydrogen-bond acceptors (Lipinski definition) is 2. The number of rotatable bonds is 3. The quantitative estimate of drug-likeness (QED) is 0.721.